The molecule has 0 unspecified atom stereocenters. The fraction of sp³-hybridized carbons (Fsp3) is 0.250. The first-order valence-corrected chi connectivity index (χ1v) is 9.11. The Labute approximate surface area is 149 Å². The Morgan fingerprint density at radius 2 is 1.32 bits per heavy atom. The SMILES string of the molecule is CC(C)c1cccc(-c2cccc3oc4ccccc4c23)c1C(C)C. The van der Waals surface area contributed by atoms with Crippen LogP contribution >= 0.6 is 0 Å². The zero-order valence-electron chi connectivity index (χ0n) is 15.3. The summed E-state index contributed by atoms with van der Waals surface area (Å²) in [5.41, 5.74) is 7.42. The molecule has 3 aromatic carbocycles. The van der Waals surface area contributed by atoms with Crippen LogP contribution in [-0.2, 0) is 0 Å². The van der Waals surface area contributed by atoms with Gasteiger partial charge in [0, 0.05) is 10.8 Å². The molecule has 0 aliphatic rings. The second kappa shape index (κ2) is 6.07. The molecule has 25 heavy (non-hydrogen) atoms. The molecule has 4 rings (SSSR count). The molecule has 1 aromatic heterocycles. The molecule has 4 aromatic rings. The summed E-state index contributed by atoms with van der Waals surface area (Å²) in [5.74, 6) is 0.986. The maximum absolute atomic E-state index is 6.09. The van der Waals surface area contributed by atoms with Gasteiger partial charge in [0.2, 0.25) is 0 Å². The van der Waals surface area contributed by atoms with Crippen LogP contribution in [0.2, 0.25) is 0 Å². The van der Waals surface area contributed by atoms with E-state index in [0.717, 1.165) is 11.2 Å². The molecular weight excluding hydrogens is 304 g/mol. The van der Waals surface area contributed by atoms with Gasteiger partial charge in [0.1, 0.15) is 11.2 Å². The minimum Gasteiger partial charge on any atom is -0.456 e. The zero-order valence-corrected chi connectivity index (χ0v) is 15.3. The Hall–Kier alpha value is -2.54. The maximum Gasteiger partial charge on any atom is 0.136 e. The predicted molar refractivity (Wildman–Crippen MR) is 107 cm³/mol. The first-order valence-electron chi connectivity index (χ1n) is 9.11. The van der Waals surface area contributed by atoms with Crippen LogP contribution in [0.5, 0.6) is 0 Å². The summed E-state index contributed by atoms with van der Waals surface area (Å²) in [6, 6.07) is 21.5. The highest BCUT2D eigenvalue weighted by atomic mass is 16.3. The minimum atomic E-state index is 0.474. The summed E-state index contributed by atoms with van der Waals surface area (Å²) in [7, 11) is 0. The lowest BCUT2D eigenvalue weighted by Gasteiger charge is -2.21. The van der Waals surface area contributed by atoms with E-state index in [9.17, 15) is 0 Å². The van der Waals surface area contributed by atoms with Gasteiger partial charge in [0.05, 0.1) is 0 Å². The second-order valence-electron chi connectivity index (χ2n) is 7.39. The molecule has 0 bridgehead atoms. The first-order chi connectivity index (χ1) is 12.1. The van der Waals surface area contributed by atoms with E-state index >= 15 is 0 Å². The third kappa shape index (κ3) is 2.55. The van der Waals surface area contributed by atoms with Crippen molar-refractivity contribution in [2.24, 2.45) is 0 Å². The minimum absolute atomic E-state index is 0.474. The molecule has 0 atom stereocenters. The van der Waals surface area contributed by atoms with Crippen LogP contribution in [0.1, 0.15) is 50.7 Å². The van der Waals surface area contributed by atoms with Gasteiger partial charge in [0.15, 0.2) is 0 Å². The van der Waals surface area contributed by atoms with Crippen molar-refractivity contribution in [2.75, 3.05) is 0 Å². The van der Waals surface area contributed by atoms with Crippen molar-refractivity contribution in [1.29, 1.82) is 0 Å². The number of fused-ring (bicyclic) bond motifs is 3. The average Bonchev–Trinajstić information content (AvgIpc) is 2.99. The van der Waals surface area contributed by atoms with E-state index in [4.69, 9.17) is 4.42 Å². The van der Waals surface area contributed by atoms with Gasteiger partial charge in [-0.2, -0.15) is 0 Å². The lowest BCUT2D eigenvalue weighted by Crippen LogP contribution is -2.01. The lowest BCUT2D eigenvalue weighted by molar-refractivity contribution is 0.669. The Bertz CT molecular complexity index is 1050. The molecule has 0 saturated heterocycles. The van der Waals surface area contributed by atoms with E-state index < -0.39 is 0 Å². The molecule has 0 amide bonds. The van der Waals surface area contributed by atoms with Gasteiger partial charge in [-0.1, -0.05) is 76.2 Å². The third-order valence-electron chi connectivity index (χ3n) is 5.03. The van der Waals surface area contributed by atoms with Crippen molar-refractivity contribution in [3.63, 3.8) is 0 Å². The van der Waals surface area contributed by atoms with Crippen molar-refractivity contribution < 1.29 is 4.42 Å². The molecule has 0 fully saturated rings. The molecule has 1 heterocycles. The smallest absolute Gasteiger partial charge is 0.136 e. The van der Waals surface area contributed by atoms with E-state index in [-0.39, 0.29) is 0 Å². The second-order valence-corrected chi connectivity index (χ2v) is 7.39. The van der Waals surface area contributed by atoms with E-state index in [1.54, 1.807) is 0 Å². The number of hydrogen-bond acceptors (Lipinski definition) is 1. The number of para-hydroxylation sites is 1. The van der Waals surface area contributed by atoms with E-state index in [1.807, 2.05) is 12.1 Å². The molecular formula is C24H24O. The summed E-state index contributed by atoms with van der Waals surface area (Å²) in [6.45, 7) is 9.13. The topological polar surface area (TPSA) is 13.1 Å². The number of furan rings is 1. The summed E-state index contributed by atoms with van der Waals surface area (Å²) in [6.07, 6.45) is 0. The quantitative estimate of drug-likeness (QED) is 0.379. The maximum atomic E-state index is 6.09. The summed E-state index contributed by atoms with van der Waals surface area (Å²) in [4.78, 5) is 0. The van der Waals surface area contributed by atoms with Crippen LogP contribution in [0.25, 0.3) is 33.1 Å². The molecule has 0 saturated carbocycles. The van der Waals surface area contributed by atoms with E-state index in [2.05, 4.69) is 76.2 Å². The van der Waals surface area contributed by atoms with E-state index in [0.29, 0.717) is 11.8 Å². The molecule has 0 radical (unpaired) electrons. The number of rotatable bonds is 3. The monoisotopic (exact) mass is 328 g/mol. The highest BCUT2D eigenvalue weighted by molar-refractivity contribution is 6.12. The zero-order chi connectivity index (χ0) is 17.6. The molecule has 1 nitrogen and oxygen atoms in total. The molecule has 0 aliphatic heterocycles. The summed E-state index contributed by atoms with van der Waals surface area (Å²) in [5, 5.41) is 2.42. The summed E-state index contributed by atoms with van der Waals surface area (Å²) >= 11 is 0. The van der Waals surface area contributed by atoms with Gasteiger partial charge in [0.25, 0.3) is 0 Å². The van der Waals surface area contributed by atoms with Crippen molar-refractivity contribution in [1.82, 2.24) is 0 Å². The lowest BCUT2D eigenvalue weighted by atomic mass is 9.83. The van der Waals surface area contributed by atoms with Gasteiger partial charge in [-0.3, -0.25) is 0 Å². The van der Waals surface area contributed by atoms with Crippen molar-refractivity contribution >= 4 is 21.9 Å². The number of benzene rings is 3. The predicted octanol–water partition coefficient (Wildman–Crippen LogP) is 7.50. The normalized spacial score (nSPS) is 11.9. The Morgan fingerprint density at radius 3 is 2.08 bits per heavy atom. The first kappa shape index (κ1) is 16.0. The Kier molecular flexibility index (Phi) is 3.88. The highest BCUT2D eigenvalue weighted by Gasteiger charge is 2.19. The largest absolute Gasteiger partial charge is 0.456 e. The van der Waals surface area contributed by atoms with Crippen LogP contribution in [0.15, 0.2) is 65.1 Å². The van der Waals surface area contributed by atoms with Gasteiger partial charge in [-0.25, -0.2) is 0 Å². The van der Waals surface area contributed by atoms with Crippen molar-refractivity contribution in [3.8, 4) is 11.1 Å². The van der Waals surface area contributed by atoms with E-state index in [1.165, 1.54) is 33.0 Å². The highest BCUT2D eigenvalue weighted by Crippen LogP contribution is 2.41. The van der Waals surface area contributed by atoms with Crippen molar-refractivity contribution in [3.05, 3.63) is 71.8 Å². The molecule has 1 heteroatoms. The fourth-order valence-corrected chi connectivity index (χ4v) is 3.96. The molecule has 0 spiro atoms. The van der Waals surface area contributed by atoms with Gasteiger partial charge >= 0.3 is 0 Å². The fourth-order valence-electron chi connectivity index (χ4n) is 3.96. The van der Waals surface area contributed by atoms with Crippen LogP contribution in [0.3, 0.4) is 0 Å². The van der Waals surface area contributed by atoms with Gasteiger partial charge in [-0.05, 0) is 46.2 Å². The van der Waals surface area contributed by atoms with Gasteiger partial charge < -0.3 is 4.42 Å². The standard InChI is InChI=1S/C24H24O/c1-15(2)17-10-7-11-18(23(17)16(3)4)19-12-8-14-22-24(19)20-9-5-6-13-21(20)25-22/h5-16H,1-4H3. The van der Waals surface area contributed by atoms with Crippen LogP contribution in [0.4, 0.5) is 0 Å². The third-order valence-corrected chi connectivity index (χ3v) is 5.03. The van der Waals surface area contributed by atoms with Crippen LogP contribution in [0, 0.1) is 0 Å². The average molecular weight is 328 g/mol. The summed E-state index contributed by atoms with van der Waals surface area (Å²) < 4.78 is 6.09. The van der Waals surface area contributed by atoms with Crippen molar-refractivity contribution in [2.45, 2.75) is 39.5 Å². The molecule has 126 valence electrons. The molecule has 0 N–H and O–H groups in total. The van der Waals surface area contributed by atoms with Crippen LogP contribution < -0.4 is 0 Å². The van der Waals surface area contributed by atoms with Gasteiger partial charge in [-0.15, -0.1) is 0 Å². The molecule has 0 aliphatic carbocycles. The van der Waals surface area contributed by atoms with Crippen LogP contribution in [-0.4, -0.2) is 0 Å². The Morgan fingerprint density at radius 1 is 0.640 bits per heavy atom. The Balaban J connectivity index is 2.11. The number of hydrogen-bond donors (Lipinski definition) is 0.